The molecule has 4 aromatic heterocycles. The van der Waals surface area contributed by atoms with E-state index in [1.54, 1.807) is 36.4 Å². The van der Waals surface area contributed by atoms with Gasteiger partial charge in [0.15, 0.2) is 11.5 Å². The second-order valence-electron chi connectivity index (χ2n) is 9.09. The Bertz CT molecular complexity index is 1430. The maximum absolute atomic E-state index is 13.3. The van der Waals surface area contributed by atoms with Crippen molar-refractivity contribution in [3.05, 3.63) is 48.4 Å². The summed E-state index contributed by atoms with van der Waals surface area (Å²) in [6.07, 6.45) is 7.53. The lowest BCUT2D eigenvalue weighted by atomic mass is 10.1. The molecule has 1 amide bonds. The third-order valence-electron chi connectivity index (χ3n) is 6.30. The fourth-order valence-corrected chi connectivity index (χ4v) is 4.13. The molecule has 12 nitrogen and oxygen atoms in total. The maximum atomic E-state index is 13.3. The van der Waals surface area contributed by atoms with Crippen LogP contribution in [-0.4, -0.2) is 77.6 Å². The van der Waals surface area contributed by atoms with E-state index in [1.165, 1.54) is 12.5 Å². The largest absolute Gasteiger partial charge is 0.351 e. The average molecular weight is 524 g/mol. The summed E-state index contributed by atoms with van der Waals surface area (Å²) in [5.41, 5.74) is 2.91. The normalized spacial score (nSPS) is 15.4. The van der Waals surface area contributed by atoms with E-state index in [4.69, 9.17) is 0 Å². The van der Waals surface area contributed by atoms with Crippen LogP contribution in [-0.2, 0) is 7.05 Å². The Morgan fingerprint density at radius 3 is 2.61 bits per heavy atom. The molecule has 38 heavy (non-hydrogen) atoms. The topological polar surface area (TPSA) is 139 Å². The van der Waals surface area contributed by atoms with Crippen molar-refractivity contribution in [2.75, 3.05) is 36.8 Å². The summed E-state index contributed by atoms with van der Waals surface area (Å²) >= 11 is 0. The quantitative estimate of drug-likeness (QED) is 0.316. The van der Waals surface area contributed by atoms with Crippen molar-refractivity contribution in [3.8, 4) is 0 Å². The van der Waals surface area contributed by atoms with Crippen LogP contribution in [0.5, 0.6) is 0 Å². The number of alkyl halides is 2. The number of likely N-dealkylation sites (tertiary alicyclic amines) is 1. The lowest BCUT2D eigenvalue weighted by Gasteiger charge is -2.31. The van der Waals surface area contributed by atoms with E-state index in [2.05, 4.69) is 46.0 Å². The number of aryl methyl sites for hydroxylation is 2. The van der Waals surface area contributed by atoms with Gasteiger partial charge < -0.3 is 20.9 Å². The number of rotatable bonds is 8. The summed E-state index contributed by atoms with van der Waals surface area (Å²) < 4.78 is 28.3. The minimum Gasteiger partial charge on any atom is -0.351 e. The Labute approximate surface area is 216 Å². The Morgan fingerprint density at radius 1 is 1.08 bits per heavy atom. The van der Waals surface area contributed by atoms with Gasteiger partial charge >= 0.3 is 0 Å². The van der Waals surface area contributed by atoms with E-state index in [0.717, 1.165) is 0 Å². The average Bonchev–Trinajstić information content (AvgIpc) is 3.21. The standard InChI is InChI=1S/C24H27F2N11O/c1-15-19(9-16(10-30-15)22(38)29-5-8-37-6-3-24(25,26)4-7-37)33-20-18-13-31-23(34-21(18)36(2)35-20)32-17-11-27-14-28-12-17/h9-14H,3-8H2,1-2H3,(H,29,38)(H,33,35)(H,31,32,34). The Hall–Kier alpha value is -4.33. The number of carbonyl (C=O) groups excluding carboxylic acids is 1. The number of anilines is 4. The molecule has 0 aliphatic carbocycles. The molecule has 5 rings (SSSR count). The summed E-state index contributed by atoms with van der Waals surface area (Å²) in [5.74, 6) is -1.99. The highest BCUT2D eigenvalue weighted by Gasteiger charge is 2.33. The number of nitrogens with zero attached hydrogens (tertiary/aromatic N) is 8. The van der Waals surface area contributed by atoms with Gasteiger partial charge in [0, 0.05) is 58.5 Å². The second kappa shape index (κ2) is 10.6. The van der Waals surface area contributed by atoms with Crippen LogP contribution in [0.3, 0.4) is 0 Å². The molecule has 1 saturated heterocycles. The molecule has 0 saturated carbocycles. The van der Waals surface area contributed by atoms with Gasteiger partial charge in [-0.15, -0.1) is 0 Å². The number of hydrogen-bond donors (Lipinski definition) is 3. The number of halogens is 2. The van der Waals surface area contributed by atoms with Crippen LogP contribution in [0.2, 0.25) is 0 Å². The van der Waals surface area contributed by atoms with Crippen molar-refractivity contribution in [1.29, 1.82) is 0 Å². The summed E-state index contributed by atoms with van der Waals surface area (Å²) in [6.45, 7) is 3.34. The molecule has 0 spiro atoms. The van der Waals surface area contributed by atoms with E-state index >= 15 is 0 Å². The first-order chi connectivity index (χ1) is 18.3. The van der Waals surface area contributed by atoms with E-state index < -0.39 is 5.92 Å². The smallest absolute Gasteiger partial charge is 0.252 e. The molecular weight excluding hydrogens is 496 g/mol. The zero-order valence-electron chi connectivity index (χ0n) is 20.9. The molecule has 3 N–H and O–H groups in total. The maximum Gasteiger partial charge on any atom is 0.252 e. The number of carbonyl (C=O) groups is 1. The summed E-state index contributed by atoms with van der Waals surface area (Å²) in [4.78, 5) is 35.9. The number of nitrogens with one attached hydrogen (secondary N) is 3. The van der Waals surface area contributed by atoms with Gasteiger partial charge in [0.05, 0.1) is 40.4 Å². The van der Waals surface area contributed by atoms with Gasteiger partial charge in [0.2, 0.25) is 5.95 Å². The van der Waals surface area contributed by atoms with Gasteiger partial charge in [-0.25, -0.2) is 28.4 Å². The van der Waals surface area contributed by atoms with Crippen LogP contribution in [0.15, 0.2) is 37.2 Å². The highest BCUT2D eigenvalue weighted by molar-refractivity contribution is 5.96. The molecular formula is C24H27F2N11O. The molecule has 1 aliphatic heterocycles. The minimum atomic E-state index is -2.58. The van der Waals surface area contributed by atoms with Gasteiger partial charge in [-0.3, -0.25) is 9.78 Å². The van der Waals surface area contributed by atoms with Crippen molar-refractivity contribution in [2.45, 2.75) is 25.7 Å². The fraction of sp³-hybridized carbons (Fsp3) is 0.375. The lowest BCUT2D eigenvalue weighted by Crippen LogP contribution is -2.43. The molecule has 0 unspecified atom stereocenters. The molecule has 0 bridgehead atoms. The highest BCUT2D eigenvalue weighted by Crippen LogP contribution is 2.28. The molecule has 0 radical (unpaired) electrons. The van der Waals surface area contributed by atoms with E-state index in [0.29, 0.717) is 71.6 Å². The first kappa shape index (κ1) is 25.3. The number of hydrogen-bond acceptors (Lipinski definition) is 10. The van der Waals surface area contributed by atoms with Crippen LogP contribution in [0.1, 0.15) is 28.9 Å². The molecule has 4 aromatic rings. The zero-order valence-corrected chi connectivity index (χ0v) is 20.9. The molecule has 0 aromatic carbocycles. The summed E-state index contributed by atoms with van der Waals surface area (Å²) in [6, 6.07) is 1.70. The third kappa shape index (κ3) is 5.80. The van der Waals surface area contributed by atoms with Crippen LogP contribution in [0.25, 0.3) is 11.0 Å². The minimum absolute atomic E-state index is 0.148. The van der Waals surface area contributed by atoms with Crippen molar-refractivity contribution in [3.63, 3.8) is 0 Å². The molecule has 5 heterocycles. The Balaban J connectivity index is 1.25. The van der Waals surface area contributed by atoms with Gasteiger partial charge in [0.25, 0.3) is 11.8 Å². The monoisotopic (exact) mass is 523 g/mol. The number of amides is 1. The van der Waals surface area contributed by atoms with Crippen LogP contribution >= 0.6 is 0 Å². The van der Waals surface area contributed by atoms with Crippen molar-refractivity contribution >= 4 is 40.1 Å². The van der Waals surface area contributed by atoms with Gasteiger partial charge in [-0.1, -0.05) is 0 Å². The van der Waals surface area contributed by atoms with Crippen molar-refractivity contribution in [2.24, 2.45) is 7.05 Å². The summed E-state index contributed by atoms with van der Waals surface area (Å²) in [7, 11) is 1.77. The lowest BCUT2D eigenvalue weighted by molar-refractivity contribution is -0.0547. The van der Waals surface area contributed by atoms with Crippen LogP contribution in [0, 0.1) is 6.92 Å². The number of fused-ring (bicyclic) bond motifs is 1. The van der Waals surface area contributed by atoms with Gasteiger partial charge in [-0.2, -0.15) is 10.1 Å². The Morgan fingerprint density at radius 2 is 1.84 bits per heavy atom. The number of pyridine rings is 1. The number of piperidine rings is 1. The number of aromatic nitrogens is 7. The predicted octanol–water partition coefficient (Wildman–Crippen LogP) is 2.80. The predicted molar refractivity (Wildman–Crippen MR) is 137 cm³/mol. The van der Waals surface area contributed by atoms with Gasteiger partial charge in [0.1, 0.15) is 6.33 Å². The van der Waals surface area contributed by atoms with Crippen LogP contribution in [0.4, 0.5) is 31.9 Å². The van der Waals surface area contributed by atoms with Crippen molar-refractivity contribution in [1.82, 2.24) is 44.9 Å². The van der Waals surface area contributed by atoms with Crippen molar-refractivity contribution < 1.29 is 13.6 Å². The first-order valence-corrected chi connectivity index (χ1v) is 12.1. The molecule has 0 atom stereocenters. The zero-order chi connectivity index (χ0) is 26.7. The van der Waals surface area contributed by atoms with E-state index in [9.17, 15) is 13.6 Å². The molecule has 1 fully saturated rings. The van der Waals surface area contributed by atoms with Crippen LogP contribution < -0.4 is 16.0 Å². The fourth-order valence-electron chi connectivity index (χ4n) is 4.13. The SMILES string of the molecule is Cc1ncc(C(=O)NCCN2CCC(F)(F)CC2)cc1Nc1nn(C)c2nc(Nc3cncnc3)ncc12. The summed E-state index contributed by atoms with van der Waals surface area (Å²) in [5, 5.41) is 14.3. The van der Waals surface area contributed by atoms with Gasteiger partial charge in [-0.05, 0) is 13.0 Å². The second-order valence-corrected chi connectivity index (χ2v) is 9.09. The molecule has 198 valence electrons. The van der Waals surface area contributed by atoms with E-state index in [-0.39, 0.29) is 18.7 Å². The molecule has 1 aliphatic rings. The first-order valence-electron chi connectivity index (χ1n) is 12.1. The van der Waals surface area contributed by atoms with E-state index in [1.807, 2.05) is 11.8 Å². The molecule has 14 heteroatoms. The third-order valence-corrected chi connectivity index (χ3v) is 6.30. The highest BCUT2D eigenvalue weighted by atomic mass is 19.3. The Kier molecular flexibility index (Phi) is 7.05.